The number of amides is 1. The Balaban J connectivity index is 1.61. The molecule has 1 fully saturated rings. The Morgan fingerprint density at radius 3 is 2.35 bits per heavy atom. The lowest BCUT2D eigenvalue weighted by Crippen LogP contribution is -2.33. The summed E-state index contributed by atoms with van der Waals surface area (Å²) in [6.45, 7) is 6.93. The lowest BCUT2D eigenvalue weighted by molar-refractivity contribution is -0.137. The quantitative estimate of drug-likeness (QED) is 0.328. The van der Waals surface area contributed by atoms with Crippen LogP contribution in [0.25, 0.3) is 0 Å². The molecule has 1 aliphatic carbocycles. The molecule has 4 nitrogen and oxygen atoms in total. The SMILES string of the molecule is CC(C)(C)c1ccc(CN(CCc2cccc(C(F)(F)F)c2)C(=O)c2cc(Cl)cnc2NC2CC2)cc1. The fraction of sp³-hybridized carbons (Fsp3) is 0.379. The van der Waals surface area contributed by atoms with Crippen molar-refractivity contribution in [1.82, 2.24) is 9.88 Å². The van der Waals surface area contributed by atoms with Crippen molar-refractivity contribution >= 4 is 23.3 Å². The molecule has 1 amide bonds. The zero-order valence-electron chi connectivity index (χ0n) is 21.2. The average molecular weight is 530 g/mol. The Kier molecular flexibility index (Phi) is 7.83. The van der Waals surface area contributed by atoms with Gasteiger partial charge in [-0.25, -0.2) is 4.98 Å². The first-order chi connectivity index (χ1) is 17.4. The van der Waals surface area contributed by atoms with Gasteiger partial charge in [-0.05, 0) is 53.5 Å². The minimum absolute atomic E-state index is 0.00657. The van der Waals surface area contributed by atoms with E-state index in [2.05, 4.69) is 31.1 Å². The molecule has 2 aromatic carbocycles. The van der Waals surface area contributed by atoms with E-state index in [9.17, 15) is 18.0 Å². The zero-order valence-corrected chi connectivity index (χ0v) is 22.0. The standard InChI is InChI=1S/C29H31ClF3N3O/c1-28(2,3)21-9-7-20(8-10-21)18-36(14-13-19-5-4-6-22(15-19)29(31,32)33)27(37)25-16-23(30)17-34-26(25)35-24-11-12-24/h4-10,15-17,24H,11-14,18H2,1-3H3,(H,34,35). The van der Waals surface area contributed by atoms with Crippen LogP contribution in [0, 0.1) is 0 Å². The highest BCUT2D eigenvalue weighted by Crippen LogP contribution is 2.31. The summed E-state index contributed by atoms with van der Waals surface area (Å²) < 4.78 is 39.7. The van der Waals surface area contributed by atoms with Gasteiger partial charge in [0.15, 0.2) is 0 Å². The van der Waals surface area contributed by atoms with Crippen molar-refractivity contribution in [3.63, 3.8) is 0 Å². The number of halogens is 4. The van der Waals surface area contributed by atoms with E-state index in [1.165, 1.54) is 17.8 Å². The lowest BCUT2D eigenvalue weighted by atomic mass is 9.87. The number of anilines is 1. The number of aromatic nitrogens is 1. The van der Waals surface area contributed by atoms with Crippen LogP contribution in [0.15, 0.2) is 60.8 Å². The minimum atomic E-state index is -4.42. The second-order valence-corrected chi connectivity index (χ2v) is 11.0. The number of rotatable bonds is 8. The topological polar surface area (TPSA) is 45.2 Å². The molecule has 0 atom stereocenters. The molecule has 4 rings (SSSR count). The van der Waals surface area contributed by atoms with E-state index in [4.69, 9.17) is 11.6 Å². The molecule has 0 spiro atoms. The summed E-state index contributed by atoms with van der Waals surface area (Å²) in [6.07, 6.45) is -0.624. The minimum Gasteiger partial charge on any atom is -0.367 e. The Morgan fingerprint density at radius 1 is 1.03 bits per heavy atom. The van der Waals surface area contributed by atoms with Gasteiger partial charge >= 0.3 is 6.18 Å². The maximum atomic E-state index is 13.8. The van der Waals surface area contributed by atoms with Gasteiger partial charge < -0.3 is 10.2 Å². The Labute approximate surface area is 220 Å². The number of pyridine rings is 1. The second-order valence-electron chi connectivity index (χ2n) is 10.6. The van der Waals surface area contributed by atoms with Gasteiger partial charge in [-0.2, -0.15) is 13.2 Å². The molecule has 1 N–H and O–H groups in total. The summed E-state index contributed by atoms with van der Waals surface area (Å²) in [5.41, 5.74) is 2.26. The largest absolute Gasteiger partial charge is 0.416 e. The molecule has 0 saturated heterocycles. The molecule has 0 radical (unpaired) electrons. The van der Waals surface area contributed by atoms with Crippen LogP contribution in [0.1, 0.15) is 66.2 Å². The summed E-state index contributed by atoms with van der Waals surface area (Å²) >= 11 is 6.20. The first-order valence-electron chi connectivity index (χ1n) is 12.4. The Bertz CT molecular complexity index is 1250. The van der Waals surface area contributed by atoms with Gasteiger partial charge in [0.25, 0.3) is 5.91 Å². The molecule has 1 heterocycles. The van der Waals surface area contributed by atoms with Gasteiger partial charge in [-0.15, -0.1) is 0 Å². The van der Waals surface area contributed by atoms with Crippen LogP contribution >= 0.6 is 11.6 Å². The van der Waals surface area contributed by atoms with Crippen LogP contribution in [-0.2, 0) is 24.6 Å². The number of alkyl halides is 3. The molecule has 37 heavy (non-hydrogen) atoms. The van der Waals surface area contributed by atoms with Crippen molar-refractivity contribution in [3.05, 3.63) is 93.6 Å². The van der Waals surface area contributed by atoms with E-state index >= 15 is 0 Å². The number of hydrogen-bond acceptors (Lipinski definition) is 3. The molecule has 1 aliphatic rings. The van der Waals surface area contributed by atoms with Crippen LogP contribution in [0.3, 0.4) is 0 Å². The normalized spacial score (nSPS) is 13.9. The molecule has 8 heteroatoms. The van der Waals surface area contributed by atoms with Gasteiger partial charge in [0.2, 0.25) is 0 Å². The lowest BCUT2D eigenvalue weighted by Gasteiger charge is -2.25. The average Bonchev–Trinajstić information content (AvgIpc) is 3.66. The van der Waals surface area contributed by atoms with Crippen molar-refractivity contribution in [2.24, 2.45) is 0 Å². The predicted molar refractivity (Wildman–Crippen MR) is 141 cm³/mol. The number of carbonyl (C=O) groups excluding carboxylic acids is 1. The van der Waals surface area contributed by atoms with Crippen molar-refractivity contribution in [1.29, 1.82) is 0 Å². The van der Waals surface area contributed by atoms with E-state index in [1.54, 1.807) is 17.0 Å². The third-order valence-corrected chi connectivity index (χ3v) is 6.61. The molecule has 0 unspecified atom stereocenters. The second kappa shape index (κ2) is 10.7. The van der Waals surface area contributed by atoms with Gasteiger partial charge in [-0.1, -0.05) is 74.8 Å². The first kappa shape index (κ1) is 27.0. The number of nitrogens with zero attached hydrogens (tertiary/aromatic N) is 2. The summed E-state index contributed by atoms with van der Waals surface area (Å²) in [6, 6.07) is 15.2. The highest BCUT2D eigenvalue weighted by atomic mass is 35.5. The Hall–Kier alpha value is -3.06. The predicted octanol–water partition coefficient (Wildman–Crippen LogP) is 7.51. The van der Waals surface area contributed by atoms with Crippen molar-refractivity contribution in [2.75, 3.05) is 11.9 Å². The van der Waals surface area contributed by atoms with E-state index < -0.39 is 11.7 Å². The van der Waals surface area contributed by atoms with Gasteiger partial charge in [0.1, 0.15) is 5.82 Å². The smallest absolute Gasteiger partial charge is 0.367 e. The summed E-state index contributed by atoms with van der Waals surface area (Å²) in [5.74, 6) is 0.203. The van der Waals surface area contributed by atoms with Crippen LogP contribution in [0.4, 0.5) is 19.0 Å². The number of nitrogens with one attached hydrogen (secondary N) is 1. The molecular weight excluding hydrogens is 499 g/mol. The van der Waals surface area contributed by atoms with Crippen LogP contribution in [-0.4, -0.2) is 28.4 Å². The summed E-state index contributed by atoms with van der Waals surface area (Å²) in [7, 11) is 0. The third-order valence-electron chi connectivity index (χ3n) is 6.41. The third kappa shape index (κ3) is 7.25. The van der Waals surface area contributed by atoms with Crippen LogP contribution in [0.2, 0.25) is 5.02 Å². The van der Waals surface area contributed by atoms with E-state index in [0.29, 0.717) is 28.5 Å². The van der Waals surface area contributed by atoms with E-state index in [-0.39, 0.29) is 30.3 Å². The first-order valence-corrected chi connectivity index (χ1v) is 12.7. The van der Waals surface area contributed by atoms with Crippen LogP contribution in [0.5, 0.6) is 0 Å². The van der Waals surface area contributed by atoms with Gasteiger partial charge in [0, 0.05) is 25.3 Å². The fourth-order valence-corrected chi connectivity index (χ4v) is 4.22. The number of hydrogen-bond donors (Lipinski definition) is 1. The fourth-order valence-electron chi connectivity index (χ4n) is 4.06. The van der Waals surface area contributed by atoms with Gasteiger partial charge in [0.05, 0.1) is 16.1 Å². The highest BCUT2D eigenvalue weighted by Gasteiger charge is 2.30. The number of carbonyl (C=O) groups is 1. The summed E-state index contributed by atoms with van der Waals surface area (Å²) in [5, 5.41) is 3.64. The highest BCUT2D eigenvalue weighted by molar-refractivity contribution is 6.31. The van der Waals surface area contributed by atoms with Crippen LogP contribution < -0.4 is 5.32 Å². The zero-order chi connectivity index (χ0) is 26.8. The molecule has 196 valence electrons. The maximum absolute atomic E-state index is 13.8. The van der Waals surface area contributed by atoms with Crippen molar-refractivity contribution in [3.8, 4) is 0 Å². The monoisotopic (exact) mass is 529 g/mol. The van der Waals surface area contributed by atoms with Gasteiger partial charge in [-0.3, -0.25) is 4.79 Å². The maximum Gasteiger partial charge on any atom is 0.416 e. The molecule has 0 aliphatic heterocycles. The molecule has 0 bridgehead atoms. The molecule has 3 aromatic rings. The number of benzene rings is 2. The van der Waals surface area contributed by atoms with E-state index in [1.807, 2.05) is 24.3 Å². The molecular formula is C29H31ClF3N3O. The Morgan fingerprint density at radius 2 is 1.73 bits per heavy atom. The van der Waals surface area contributed by atoms with Crippen molar-refractivity contribution < 1.29 is 18.0 Å². The summed E-state index contributed by atoms with van der Waals surface area (Å²) in [4.78, 5) is 19.8. The van der Waals surface area contributed by atoms with Crippen molar-refractivity contribution in [2.45, 2.75) is 64.2 Å². The molecule has 1 saturated carbocycles. The van der Waals surface area contributed by atoms with E-state index in [0.717, 1.165) is 30.5 Å². The molecule has 1 aromatic heterocycles.